The Morgan fingerprint density at radius 1 is 0.439 bits per heavy atom. The van der Waals surface area contributed by atoms with E-state index >= 15 is 0 Å². The van der Waals surface area contributed by atoms with Crippen LogP contribution in [-0.4, -0.2) is 296 Å². The molecule has 0 aliphatic carbocycles. The van der Waals surface area contributed by atoms with E-state index in [9.17, 15) is 65.1 Å². The lowest BCUT2D eigenvalue weighted by Crippen LogP contribution is -2.62. The van der Waals surface area contributed by atoms with Gasteiger partial charge in [0, 0.05) is 94.9 Å². The predicted octanol–water partition coefficient (Wildman–Crippen LogP) is 8.97. The van der Waals surface area contributed by atoms with Crippen molar-refractivity contribution in [3.63, 3.8) is 0 Å². The number of carbonyl (C=O) groups is 4. The summed E-state index contributed by atoms with van der Waals surface area (Å²) in [5.74, 6) is -9.51. The Balaban J connectivity index is 0.000000754. The third-order valence-corrected chi connectivity index (χ3v) is 25.3. The van der Waals surface area contributed by atoms with Gasteiger partial charge in [-0.25, -0.2) is 0 Å². The van der Waals surface area contributed by atoms with Crippen LogP contribution >= 0.6 is 0 Å². The van der Waals surface area contributed by atoms with E-state index in [0.29, 0.717) is 25.9 Å². The van der Waals surface area contributed by atoms with Gasteiger partial charge in [-0.2, -0.15) is 0 Å². The van der Waals surface area contributed by atoms with Crippen molar-refractivity contribution in [3.05, 3.63) is 0 Å². The third kappa shape index (κ3) is 25.5. The first-order valence-corrected chi connectivity index (χ1v) is 40.8. The lowest BCUT2D eigenvalue weighted by molar-refractivity contribution is -0.319. The van der Waals surface area contributed by atoms with Gasteiger partial charge in [-0.1, -0.05) is 119 Å². The van der Waals surface area contributed by atoms with Gasteiger partial charge in [0.15, 0.2) is 25.2 Å². The van der Waals surface area contributed by atoms with E-state index in [1.807, 2.05) is 41.8 Å². The quantitative estimate of drug-likeness (QED) is 0.0613. The van der Waals surface area contributed by atoms with E-state index < -0.39 is 209 Å². The summed E-state index contributed by atoms with van der Waals surface area (Å²) in [6.07, 6.45) is -18.7. The number of esters is 2. The molecular formula is C86H164N2O26. The second kappa shape index (κ2) is 42.5. The zero-order valence-electron chi connectivity index (χ0n) is 73.3. The van der Waals surface area contributed by atoms with Crippen LogP contribution in [0.25, 0.3) is 0 Å². The van der Waals surface area contributed by atoms with Crippen LogP contribution in [0, 0.1) is 58.2 Å². The second-order valence-electron chi connectivity index (χ2n) is 38.1. The van der Waals surface area contributed by atoms with E-state index in [1.165, 1.54) is 49.0 Å². The van der Waals surface area contributed by atoms with E-state index in [-0.39, 0.29) is 102 Å². The number of rotatable bonds is 17. The Morgan fingerprint density at radius 3 is 1.07 bits per heavy atom. The molecule has 0 spiro atoms. The van der Waals surface area contributed by atoms with Crippen molar-refractivity contribution in [1.82, 2.24) is 9.80 Å². The van der Waals surface area contributed by atoms with E-state index in [4.69, 9.17) is 61.6 Å². The fourth-order valence-electron chi connectivity index (χ4n) is 18.6. The molecule has 0 unspecified atom stereocenters. The van der Waals surface area contributed by atoms with Crippen molar-refractivity contribution in [2.24, 2.45) is 58.2 Å². The summed E-state index contributed by atoms with van der Waals surface area (Å²) in [5.41, 5.74) is -9.24. The number of carbonyl (C=O) groups excluding carboxylic acids is 4. The zero-order valence-corrected chi connectivity index (χ0v) is 73.3. The van der Waals surface area contributed by atoms with Crippen LogP contribution in [-0.2, 0) is 80.8 Å². The smallest absolute Gasteiger partial charge is 0.311 e. The van der Waals surface area contributed by atoms with Crippen LogP contribution < -0.4 is 0 Å². The molecule has 9 N–H and O–H groups in total. The zero-order chi connectivity index (χ0) is 85.0. The van der Waals surface area contributed by atoms with Crippen LogP contribution in [0.15, 0.2) is 0 Å². The van der Waals surface area contributed by atoms with Gasteiger partial charge < -0.3 is 117 Å². The molecule has 6 rings (SSSR count). The number of Topliss-reactive ketones (excluding diaryl/α,β-unsaturated/α-hetero) is 2. The highest BCUT2D eigenvalue weighted by atomic mass is 16.7. The molecule has 0 radical (unpaired) electrons. The number of cyclic esters (lactones) is 2. The Morgan fingerprint density at radius 2 is 0.754 bits per heavy atom. The summed E-state index contributed by atoms with van der Waals surface area (Å²) < 4.78 is 81.8. The van der Waals surface area contributed by atoms with Gasteiger partial charge in [-0.3, -0.25) is 19.2 Å². The second-order valence-corrected chi connectivity index (χ2v) is 38.1. The van der Waals surface area contributed by atoms with Gasteiger partial charge in [0.25, 0.3) is 0 Å². The standard InChI is InChI=1S/C42H77NO13.C41H75NO13.3CH4/c1-17-29-42(13,49)34(46)24(4)31(44)22(2)19-41(12,51-16)36(56-38-32(45)28(18-23(3)52-38)43(14)21-39(8,9)10)25(5)33(26(6)37(48)54-29)55-30-20-40(11,50-15)35(47)27(7)53-30;1-16-28-41(13,49)33(45)23(4)30(43)21(2)18-39(11,48)35(55-37-31(44)27(17-22(3)51-37)42(14)20-38(8,9)10)24(5)32(25(6)36(47)53-28)54-29-19-40(12,50-15)34(46)26(7)52-29;;;/h22-30,32-36,38,45-47,49H,17-21H2,1-16H3;21-29,31-35,37,44-46,48-49H,16-20H2,1-15H3;3*1H4/t22-,23-,24+,25+,26-,27+,28+,29-,30+,32-,33+,34-,35+,36-,38+,40-,41-,42-;21-,22-,23+,24+,25-,26+,27+,28-,29+,31-,32+,33-,34+,35-,37+,39-,40-,41-;;;/m11.../s1. The van der Waals surface area contributed by atoms with Gasteiger partial charge in [-0.05, 0) is 147 Å². The molecule has 6 heterocycles. The van der Waals surface area contributed by atoms with Crippen molar-refractivity contribution >= 4 is 23.5 Å². The maximum Gasteiger partial charge on any atom is 0.311 e. The highest BCUT2D eigenvalue weighted by Crippen LogP contribution is 2.46. The molecule has 0 aromatic rings. The minimum atomic E-state index is -2.00. The Hall–Kier alpha value is -2.60. The first kappa shape index (κ1) is 107. The monoisotopic (exact) mass is 1640 g/mol. The van der Waals surface area contributed by atoms with Crippen molar-refractivity contribution < 1.29 is 127 Å². The number of hydrogen-bond acceptors (Lipinski definition) is 28. The number of hydrogen-bond donors (Lipinski definition) is 9. The summed E-state index contributed by atoms with van der Waals surface area (Å²) in [6.45, 7) is 47.8. The molecule has 0 bridgehead atoms. The number of aliphatic hydroxyl groups is 9. The average molecular weight is 1640 g/mol. The van der Waals surface area contributed by atoms with Gasteiger partial charge >= 0.3 is 11.9 Å². The van der Waals surface area contributed by atoms with Gasteiger partial charge in [0.2, 0.25) is 0 Å². The maximum absolute atomic E-state index is 14.3. The summed E-state index contributed by atoms with van der Waals surface area (Å²) in [5, 5.41) is 105. The number of likely N-dealkylation sites (N-methyl/N-ethyl adjacent to an activating group) is 2. The van der Waals surface area contributed by atoms with Crippen LogP contribution in [0.1, 0.15) is 254 Å². The van der Waals surface area contributed by atoms with Crippen LogP contribution in [0.5, 0.6) is 0 Å². The number of nitrogens with zero attached hydrogens (tertiary/aromatic N) is 2. The number of aliphatic hydroxyl groups excluding tert-OH is 6. The normalized spacial score (nSPS) is 45.8. The molecule has 6 fully saturated rings. The van der Waals surface area contributed by atoms with Crippen molar-refractivity contribution in [2.45, 2.75) is 422 Å². The summed E-state index contributed by atoms with van der Waals surface area (Å²) >= 11 is 0. The molecule has 6 aliphatic rings. The lowest BCUT2D eigenvalue weighted by atomic mass is 9.74. The van der Waals surface area contributed by atoms with Crippen LogP contribution in [0.4, 0.5) is 0 Å². The third-order valence-electron chi connectivity index (χ3n) is 25.3. The molecule has 674 valence electrons. The minimum Gasteiger partial charge on any atom is -0.459 e. The van der Waals surface area contributed by atoms with E-state index in [0.717, 1.165) is 0 Å². The number of ketones is 2. The highest BCUT2D eigenvalue weighted by Gasteiger charge is 2.58. The predicted molar refractivity (Wildman–Crippen MR) is 434 cm³/mol. The maximum atomic E-state index is 14.3. The topological polar surface area (TPSA) is 377 Å². The van der Waals surface area contributed by atoms with Gasteiger partial charge in [0.05, 0.1) is 95.3 Å². The van der Waals surface area contributed by atoms with E-state index in [2.05, 4.69) is 51.3 Å². The first-order valence-electron chi connectivity index (χ1n) is 40.8. The first-order chi connectivity index (χ1) is 50.8. The molecular weight excluding hydrogens is 1480 g/mol. The minimum absolute atomic E-state index is 0. The van der Waals surface area contributed by atoms with Crippen molar-refractivity contribution in [3.8, 4) is 0 Å². The van der Waals surface area contributed by atoms with E-state index in [1.54, 1.807) is 83.1 Å². The van der Waals surface area contributed by atoms with Gasteiger partial charge in [0.1, 0.15) is 59.4 Å². The highest BCUT2D eigenvalue weighted by molar-refractivity contribution is 5.84. The number of methoxy groups -OCH3 is 3. The van der Waals surface area contributed by atoms with Crippen molar-refractivity contribution in [2.75, 3.05) is 48.5 Å². The van der Waals surface area contributed by atoms with Crippen LogP contribution in [0.2, 0.25) is 0 Å². The molecule has 0 aromatic carbocycles. The number of ether oxygens (including phenoxy) is 13. The SMILES string of the molecule is C.C.C.CC[C@H]1OC(=O)[C@H](C)[C@@H](O[C@H]2C[C@@](C)(OC)[C@@H](O)[C@H](C)O2)[C@H](C)[C@@H](O[C@@H]2O[C@H](C)C[C@H](N(C)CC(C)(C)C)[C@H]2O)[C@](C)(O)C[C@@H](C)C(=O)[C@H](C)[C@@H](O)[C@]1(C)O.CC[C@H]1OC(=O)[C@H](C)[C@@H](O[C@H]2C[C@@](C)(OC)[C@@H](O)[C@H](C)O2)[C@H](C)[C@@H](O[C@@H]2O[C@H](C)C[C@H](N(C)CC(C)(C)C)[C@H]2O)[C@](C)(OC)C[C@@H](C)C(=O)[C@H](C)[C@@H](O)[C@]1(C)O. The molecule has 0 saturated carbocycles. The molecule has 114 heavy (non-hydrogen) atoms. The molecule has 36 atom stereocenters. The summed E-state index contributed by atoms with van der Waals surface area (Å²) in [6, 6.07) is -0.645. The molecule has 28 heteroatoms. The summed E-state index contributed by atoms with van der Waals surface area (Å²) in [4.78, 5) is 60.7. The Labute approximate surface area is 686 Å². The molecule has 0 amide bonds. The Bertz CT molecular complexity index is 2950. The van der Waals surface area contributed by atoms with Gasteiger partial charge in [-0.15, -0.1) is 0 Å². The molecule has 28 nitrogen and oxygen atoms in total. The Kier molecular flexibility index (Phi) is 40.0. The average Bonchev–Trinajstić information content (AvgIpc) is 0.774. The van der Waals surface area contributed by atoms with Crippen molar-refractivity contribution in [1.29, 1.82) is 0 Å². The fraction of sp³-hybridized carbons (Fsp3) is 0.953. The lowest BCUT2D eigenvalue weighted by Gasteiger charge is -2.50. The molecule has 6 saturated heterocycles. The largest absolute Gasteiger partial charge is 0.459 e. The molecule has 6 aliphatic heterocycles. The molecule has 0 aromatic heterocycles. The fourth-order valence-corrected chi connectivity index (χ4v) is 18.6. The summed E-state index contributed by atoms with van der Waals surface area (Å²) in [7, 11) is 8.44. The van der Waals surface area contributed by atoms with Crippen LogP contribution in [0.3, 0.4) is 0 Å².